The Bertz CT molecular complexity index is 452. The second-order valence-corrected chi connectivity index (χ2v) is 5.90. The van der Waals surface area contributed by atoms with Crippen LogP contribution in [0.3, 0.4) is 0 Å². The van der Waals surface area contributed by atoms with Gasteiger partial charge in [-0.3, -0.25) is 4.90 Å². The summed E-state index contributed by atoms with van der Waals surface area (Å²) in [5, 5.41) is 14.6. The molecule has 3 atom stereocenters. The first-order valence-electron chi connectivity index (χ1n) is 7.54. The molecular formula is C16H25N3O2. The zero-order valence-corrected chi connectivity index (χ0v) is 12.7. The molecule has 1 fully saturated rings. The van der Waals surface area contributed by atoms with Gasteiger partial charge in [0.2, 0.25) is 0 Å². The molecule has 1 aromatic rings. The lowest BCUT2D eigenvalue weighted by Crippen LogP contribution is -2.47. The van der Waals surface area contributed by atoms with Gasteiger partial charge in [-0.25, -0.2) is 4.79 Å². The summed E-state index contributed by atoms with van der Waals surface area (Å²) in [7, 11) is 0. The maximum atomic E-state index is 11.8. The fourth-order valence-corrected chi connectivity index (χ4v) is 2.74. The van der Waals surface area contributed by atoms with Crippen molar-refractivity contribution in [1.82, 2.24) is 15.5 Å². The van der Waals surface area contributed by atoms with Gasteiger partial charge in [0.1, 0.15) is 0 Å². The number of urea groups is 1. The third-order valence-corrected chi connectivity index (χ3v) is 3.92. The average molecular weight is 291 g/mol. The molecule has 0 bridgehead atoms. The molecule has 0 aliphatic carbocycles. The molecule has 116 valence electrons. The minimum absolute atomic E-state index is 0.0470. The van der Waals surface area contributed by atoms with Crippen molar-refractivity contribution in [2.24, 2.45) is 0 Å². The number of nitrogens with zero attached hydrogens (tertiary/aromatic N) is 1. The highest BCUT2D eigenvalue weighted by Crippen LogP contribution is 2.20. The van der Waals surface area contributed by atoms with Gasteiger partial charge in [-0.1, -0.05) is 30.3 Å². The third kappa shape index (κ3) is 4.72. The molecular weight excluding hydrogens is 266 g/mol. The van der Waals surface area contributed by atoms with Crippen LogP contribution >= 0.6 is 0 Å². The van der Waals surface area contributed by atoms with E-state index in [1.54, 1.807) is 6.92 Å². The molecule has 21 heavy (non-hydrogen) atoms. The predicted octanol–water partition coefficient (Wildman–Crippen LogP) is 1.33. The molecule has 5 nitrogen and oxygen atoms in total. The first-order valence-corrected chi connectivity index (χ1v) is 7.54. The number of nitrogens with one attached hydrogen (secondary N) is 2. The van der Waals surface area contributed by atoms with Crippen molar-refractivity contribution in [2.75, 3.05) is 13.2 Å². The highest BCUT2D eigenvalue weighted by atomic mass is 16.3. The number of amides is 2. The van der Waals surface area contributed by atoms with E-state index in [1.165, 1.54) is 5.56 Å². The Balaban J connectivity index is 1.82. The summed E-state index contributed by atoms with van der Waals surface area (Å²) < 4.78 is 0. The van der Waals surface area contributed by atoms with Crippen LogP contribution in [0, 0.1) is 0 Å². The van der Waals surface area contributed by atoms with Gasteiger partial charge in [-0.05, 0) is 25.8 Å². The second kappa shape index (κ2) is 7.43. The molecule has 1 aliphatic rings. The molecule has 2 rings (SSSR count). The normalized spacial score (nSPS) is 23.8. The van der Waals surface area contributed by atoms with Crippen LogP contribution < -0.4 is 10.6 Å². The van der Waals surface area contributed by atoms with Crippen LogP contribution in [0.2, 0.25) is 0 Å². The second-order valence-electron chi connectivity index (χ2n) is 5.90. The number of likely N-dealkylation sites (tertiary alicyclic amines) is 1. The van der Waals surface area contributed by atoms with E-state index in [9.17, 15) is 4.79 Å². The summed E-state index contributed by atoms with van der Waals surface area (Å²) in [4.78, 5) is 14.2. The van der Waals surface area contributed by atoms with Crippen molar-refractivity contribution in [2.45, 2.75) is 44.9 Å². The lowest BCUT2D eigenvalue weighted by atomic mass is 10.2. The molecule has 0 saturated carbocycles. The Kier molecular flexibility index (Phi) is 5.59. The summed E-state index contributed by atoms with van der Waals surface area (Å²) in [6, 6.07) is 10.6. The standard InChI is InChI=1S/C16H25N3O2/c1-12(11-20)17-16(21)18-15-8-13(2)19(10-15)9-14-6-4-3-5-7-14/h3-7,12-13,15,20H,8-11H2,1-2H3,(H2,17,18,21)/t12-,13?,15?/m0/s1. The zero-order valence-electron chi connectivity index (χ0n) is 12.7. The average Bonchev–Trinajstić information content (AvgIpc) is 2.79. The maximum Gasteiger partial charge on any atom is 0.315 e. The molecule has 3 N–H and O–H groups in total. The molecule has 2 unspecified atom stereocenters. The lowest BCUT2D eigenvalue weighted by Gasteiger charge is -2.21. The van der Waals surface area contributed by atoms with Crippen LogP contribution in [0.25, 0.3) is 0 Å². The molecule has 1 aromatic carbocycles. The number of benzene rings is 1. The number of carbonyl (C=O) groups is 1. The Morgan fingerprint density at radius 2 is 2.14 bits per heavy atom. The first kappa shape index (κ1) is 15.8. The molecule has 5 heteroatoms. The Morgan fingerprint density at radius 1 is 1.43 bits per heavy atom. The van der Waals surface area contributed by atoms with Gasteiger partial charge >= 0.3 is 6.03 Å². The van der Waals surface area contributed by atoms with Gasteiger partial charge in [0.15, 0.2) is 0 Å². The van der Waals surface area contributed by atoms with E-state index in [0.717, 1.165) is 19.5 Å². The molecule has 0 aromatic heterocycles. The minimum Gasteiger partial charge on any atom is -0.394 e. The van der Waals surface area contributed by atoms with E-state index in [0.29, 0.717) is 6.04 Å². The van der Waals surface area contributed by atoms with Crippen LogP contribution in [0.5, 0.6) is 0 Å². The van der Waals surface area contributed by atoms with Crippen molar-refractivity contribution >= 4 is 6.03 Å². The van der Waals surface area contributed by atoms with Gasteiger partial charge in [-0.2, -0.15) is 0 Å². The van der Waals surface area contributed by atoms with Crippen LogP contribution in [-0.2, 0) is 6.54 Å². The monoisotopic (exact) mass is 291 g/mol. The largest absolute Gasteiger partial charge is 0.394 e. The topological polar surface area (TPSA) is 64.6 Å². The van der Waals surface area contributed by atoms with Crippen LogP contribution in [-0.4, -0.2) is 47.3 Å². The summed E-state index contributed by atoms with van der Waals surface area (Å²) in [5.41, 5.74) is 1.29. The van der Waals surface area contributed by atoms with Crippen LogP contribution in [0.15, 0.2) is 30.3 Å². The molecule has 1 saturated heterocycles. The van der Waals surface area contributed by atoms with Gasteiger partial charge in [0.25, 0.3) is 0 Å². The van der Waals surface area contributed by atoms with Crippen LogP contribution in [0.4, 0.5) is 4.79 Å². The number of aliphatic hydroxyl groups excluding tert-OH is 1. The van der Waals surface area contributed by atoms with Crippen molar-refractivity contribution in [1.29, 1.82) is 0 Å². The SMILES string of the molecule is CC1CC(NC(=O)N[C@@H](C)CO)CN1Cc1ccccc1. The van der Waals surface area contributed by atoms with Gasteiger partial charge < -0.3 is 15.7 Å². The van der Waals surface area contributed by atoms with Gasteiger partial charge in [-0.15, -0.1) is 0 Å². The van der Waals surface area contributed by atoms with Crippen molar-refractivity contribution in [3.63, 3.8) is 0 Å². The highest BCUT2D eigenvalue weighted by molar-refractivity contribution is 5.74. The molecule has 0 radical (unpaired) electrons. The zero-order chi connectivity index (χ0) is 15.2. The third-order valence-electron chi connectivity index (χ3n) is 3.92. The smallest absolute Gasteiger partial charge is 0.315 e. The summed E-state index contributed by atoms with van der Waals surface area (Å²) >= 11 is 0. The Hall–Kier alpha value is -1.59. The fourth-order valence-electron chi connectivity index (χ4n) is 2.74. The van der Waals surface area contributed by atoms with Crippen molar-refractivity contribution in [3.05, 3.63) is 35.9 Å². The first-order chi connectivity index (χ1) is 10.1. The van der Waals surface area contributed by atoms with Gasteiger partial charge in [0.05, 0.1) is 12.6 Å². The minimum atomic E-state index is -0.218. The molecule has 1 heterocycles. The van der Waals surface area contributed by atoms with Crippen LogP contribution in [0.1, 0.15) is 25.8 Å². The Morgan fingerprint density at radius 3 is 2.81 bits per heavy atom. The van der Waals surface area contributed by atoms with E-state index in [-0.39, 0.29) is 24.7 Å². The highest BCUT2D eigenvalue weighted by Gasteiger charge is 2.29. The molecule has 2 amide bonds. The molecule has 0 spiro atoms. The van der Waals surface area contributed by atoms with Gasteiger partial charge in [0, 0.05) is 25.2 Å². The quantitative estimate of drug-likeness (QED) is 0.767. The number of rotatable bonds is 5. The van der Waals surface area contributed by atoms with Crippen molar-refractivity contribution < 1.29 is 9.90 Å². The summed E-state index contributed by atoms with van der Waals surface area (Å²) in [6.45, 7) is 5.69. The number of aliphatic hydroxyl groups is 1. The maximum absolute atomic E-state index is 11.8. The lowest BCUT2D eigenvalue weighted by molar-refractivity contribution is 0.216. The molecule has 1 aliphatic heterocycles. The van der Waals surface area contributed by atoms with E-state index < -0.39 is 0 Å². The number of hydrogen-bond acceptors (Lipinski definition) is 3. The fraction of sp³-hybridized carbons (Fsp3) is 0.562. The van der Waals surface area contributed by atoms with E-state index in [1.807, 2.05) is 6.07 Å². The van der Waals surface area contributed by atoms with E-state index >= 15 is 0 Å². The predicted molar refractivity (Wildman–Crippen MR) is 82.9 cm³/mol. The number of carbonyl (C=O) groups excluding carboxylic acids is 1. The number of hydrogen-bond donors (Lipinski definition) is 3. The van der Waals surface area contributed by atoms with Crippen molar-refractivity contribution in [3.8, 4) is 0 Å². The summed E-state index contributed by atoms with van der Waals surface area (Å²) in [5.74, 6) is 0. The van der Waals surface area contributed by atoms with E-state index in [4.69, 9.17) is 5.11 Å². The van der Waals surface area contributed by atoms with E-state index in [2.05, 4.69) is 46.7 Å². The summed E-state index contributed by atoms with van der Waals surface area (Å²) in [6.07, 6.45) is 0.952. The Labute approximate surface area is 126 Å².